The van der Waals surface area contributed by atoms with E-state index in [2.05, 4.69) is 9.97 Å². The van der Waals surface area contributed by atoms with Crippen LogP contribution in [0.15, 0.2) is 67.3 Å². The number of anilines is 1. The molecule has 1 aliphatic heterocycles. The van der Waals surface area contributed by atoms with Crippen LogP contribution < -0.4 is 4.90 Å². The van der Waals surface area contributed by atoms with Crippen molar-refractivity contribution in [2.24, 2.45) is 5.92 Å². The Morgan fingerprint density at radius 2 is 1.77 bits per heavy atom. The summed E-state index contributed by atoms with van der Waals surface area (Å²) in [6.07, 6.45) is 7.17. The van der Waals surface area contributed by atoms with Crippen LogP contribution in [0.1, 0.15) is 28.7 Å². The molecule has 0 aliphatic carbocycles. The van der Waals surface area contributed by atoms with E-state index >= 15 is 0 Å². The topological polar surface area (TPSA) is 66.4 Å². The Kier molecular flexibility index (Phi) is 6.07. The van der Waals surface area contributed by atoms with Gasteiger partial charge in [0.25, 0.3) is 0 Å². The Bertz CT molecular complexity index is 1030. The van der Waals surface area contributed by atoms with Gasteiger partial charge < -0.3 is 9.80 Å². The number of amides is 2. The summed E-state index contributed by atoms with van der Waals surface area (Å²) in [6, 6.07) is 13.6. The fourth-order valence-corrected chi connectivity index (χ4v) is 4.02. The third kappa shape index (κ3) is 4.63. The number of carbonyl (C=O) groups excluding carboxylic acids is 2. The van der Waals surface area contributed by atoms with Crippen LogP contribution >= 0.6 is 0 Å². The third-order valence-electron chi connectivity index (χ3n) is 5.87. The van der Waals surface area contributed by atoms with Crippen molar-refractivity contribution in [2.45, 2.75) is 33.4 Å². The Balaban J connectivity index is 1.56. The van der Waals surface area contributed by atoms with Gasteiger partial charge in [-0.05, 0) is 60.4 Å². The molecule has 1 unspecified atom stereocenters. The fourth-order valence-electron chi connectivity index (χ4n) is 4.02. The van der Waals surface area contributed by atoms with E-state index < -0.39 is 0 Å². The molecule has 0 N–H and O–H groups in total. The largest absolute Gasteiger partial charge is 0.334 e. The number of hydrogen-bond acceptors (Lipinski definition) is 4. The molecule has 1 saturated heterocycles. The van der Waals surface area contributed by atoms with E-state index in [-0.39, 0.29) is 24.2 Å². The zero-order valence-electron chi connectivity index (χ0n) is 17.9. The monoisotopic (exact) mass is 414 g/mol. The zero-order chi connectivity index (χ0) is 21.8. The average molecular weight is 415 g/mol. The molecule has 0 bridgehead atoms. The van der Waals surface area contributed by atoms with Crippen molar-refractivity contribution in [2.75, 3.05) is 11.4 Å². The van der Waals surface area contributed by atoms with E-state index in [0.29, 0.717) is 19.6 Å². The lowest BCUT2D eigenvalue weighted by Crippen LogP contribution is -2.36. The lowest BCUT2D eigenvalue weighted by atomic mass is 10.1. The van der Waals surface area contributed by atoms with E-state index in [1.54, 1.807) is 29.7 Å². The van der Waals surface area contributed by atoms with Crippen molar-refractivity contribution in [3.05, 3.63) is 89.5 Å². The predicted molar refractivity (Wildman–Crippen MR) is 119 cm³/mol. The molecule has 2 aromatic heterocycles. The molecule has 31 heavy (non-hydrogen) atoms. The summed E-state index contributed by atoms with van der Waals surface area (Å²) in [4.78, 5) is 38.2. The van der Waals surface area contributed by atoms with Crippen LogP contribution in [0.3, 0.4) is 0 Å². The number of carbonyl (C=O) groups is 2. The maximum Gasteiger partial charge on any atom is 0.228 e. The number of aromatic nitrogens is 2. The van der Waals surface area contributed by atoms with Crippen LogP contribution in [0.2, 0.25) is 0 Å². The zero-order valence-corrected chi connectivity index (χ0v) is 17.9. The van der Waals surface area contributed by atoms with Gasteiger partial charge in [0.15, 0.2) is 0 Å². The van der Waals surface area contributed by atoms with Crippen LogP contribution in [0.4, 0.5) is 5.69 Å². The minimum Gasteiger partial charge on any atom is -0.334 e. The molecule has 0 spiro atoms. The van der Waals surface area contributed by atoms with Crippen LogP contribution in [-0.4, -0.2) is 33.2 Å². The Labute approximate surface area is 182 Å². The van der Waals surface area contributed by atoms with Crippen molar-refractivity contribution < 1.29 is 9.59 Å². The Morgan fingerprint density at radius 3 is 2.52 bits per heavy atom. The molecule has 3 heterocycles. The normalized spacial score (nSPS) is 15.9. The first-order valence-electron chi connectivity index (χ1n) is 10.5. The summed E-state index contributed by atoms with van der Waals surface area (Å²) in [5.41, 5.74) is 5.07. The first kappa shape index (κ1) is 20.7. The second-order valence-corrected chi connectivity index (χ2v) is 8.04. The van der Waals surface area contributed by atoms with Gasteiger partial charge in [-0.3, -0.25) is 19.6 Å². The molecule has 1 fully saturated rings. The molecule has 3 aromatic rings. The molecule has 158 valence electrons. The van der Waals surface area contributed by atoms with Crippen molar-refractivity contribution in [1.82, 2.24) is 14.9 Å². The molecule has 0 radical (unpaired) electrons. The van der Waals surface area contributed by atoms with Crippen LogP contribution in [0.25, 0.3) is 0 Å². The number of rotatable bonds is 6. The van der Waals surface area contributed by atoms with Gasteiger partial charge in [-0.25, -0.2) is 0 Å². The van der Waals surface area contributed by atoms with E-state index in [4.69, 9.17) is 0 Å². The van der Waals surface area contributed by atoms with Crippen molar-refractivity contribution in [3.63, 3.8) is 0 Å². The van der Waals surface area contributed by atoms with Gasteiger partial charge in [0.05, 0.1) is 5.92 Å². The minimum absolute atomic E-state index is 0.00251. The fraction of sp³-hybridized carbons (Fsp3) is 0.280. The summed E-state index contributed by atoms with van der Waals surface area (Å²) >= 11 is 0. The highest BCUT2D eigenvalue weighted by molar-refractivity contribution is 6.00. The summed E-state index contributed by atoms with van der Waals surface area (Å²) in [5.74, 6) is -0.384. The summed E-state index contributed by atoms with van der Waals surface area (Å²) in [5, 5.41) is 0. The lowest BCUT2D eigenvalue weighted by molar-refractivity contribution is -0.137. The maximum atomic E-state index is 13.5. The molecule has 1 aliphatic rings. The lowest BCUT2D eigenvalue weighted by Gasteiger charge is -2.26. The first-order valence-corrected chi connectivity index (χ1v) is 10.5. The molecule has 0 saturated carbocycles. The molecular formula is C25H26N4O2. The number of hydrogen-bond donors (Lipinski definition) is 0. The standard InChI is InChI=1S/C25H26N4O2/c1-18-5-3-7-23(19(18)2)29-17-22(13-24(29)30)25(31)28(15-20-8-11-26-12-9-20)16-21-6-4-10-27-14-21/h3-12,14,22H,13,15-17H2,1-2H3. The van der Waals surface area contributed by atoms with Crippen LogP contribution in [-0.2, 0) is 22.7 Å². The first-order chi connectivity index (χ1) is 15.0. The third-order valence-corrected chi connectivity index (χ3v) is 5.87. The van der Waals surface area contributed by atoms with E-state index in [0.717, 1.165) is 27.9 Å². The van der Waals surface area contributed by atoms with Gasteiger partial charge in [-0.2, -0.15) is 0 Å². The highest BCUT2D eigenvalue weighted by atomic mass is 16.2. The van der Waals surface area contributed by atoms with Crippen molar-refractivity contribution in [1.29, 1.82) is 0 Å². The second kappa shape index (κ2) is 9.08. The number of benzene rings is 1. The highest BCUT2D eigenvalue weighted by Crippen LogP contribution is 2.30. The number of pyridine rings is 2. The van der Waals surface area contributed by atoms with Gasteiger partial charge in [0.2, 0.25) is 11.8 Å². The number of aryl methyl sites for hydroxylation is 1. The molecule has 2 amide bonds. The average Bonchev–Trinajstić information content (AvgIpc) is 3.17. The molecular weight excluding hydrogens is 388 g/mol. The highest BCUT2D eigenvalue weighted by Gasteiger charge is 2.37. The van der Waals surface area contributed by atoms with Gasteiger partial charge in [-0.15, -0.1) is 0 Å². The quantitative estimate of drug-likeness (QED) is 0.617. The summed E-state index contributed by atoms with van der Waals surface area (Å²) in [6.45, 7) is 5.37. The van der Waals surface area contributed by atoms with Gasteiger partial charge in [-0.1, -0.05) is 18.2 Å². The van der Waals surface area contributed by atoms with E-state index in [9.17, 15) is 9.59 Å². The molecule has 1 atom stereocenters. The van der Waals surface area contributed by atoms with Crippen LogP contribution in [0, 0.1) is 19.8 Å². The van der Waals surface area contributed by atoms with Crippen molar-refractivity contribution in [3.8, 4) is 0 Å². The Hall–Kier alpha value is -3.54. The summed E-state index contributed by atoms with van der Waals surface area (Å²) in [7, 11) is 0. The number of nitrogens with zero attached hydrogens (tertiary/aromatic N) is 4. The second-order valence-electron chi connectivity index (χ2n) is 8.04. The molecule has 1 aromatic carbocycles. The van der Waals surface area contributed by atoms with Gasteiger partial charge in [0.1, 0.15) is 0 Å². The van der Waals surface area contributed by atoms with Gasteiger partial charge >= 0.3 is 0 Å². The maximum absolute atomic E-state index is 13.5. The summed E-state index contributed by atoms with van der Waals surface area (Å²) < 4.78 is 0. The van der Waals surface area contributed by atoms with E-state index in [1.165, 1.54) is 0 Å². The smallest absolute Gasteiger partial charge is 0.228 e. The Morgan fingerprint density at radius 1 is 1.00 bits per heavy atom. The molecule has 6 heteroatoms. The minimum atomic E-state index is -0.370. The SMILES string of the molecule is Cc1cccc(N2CC(C(=O)N(Cc3ccncc3)Cc3cccnc3)CC2=O)c1C. The molecule has 4 rings (SSSR count). The van der Waals surface area contributed by atoms with Gasteiger partial charge in [0, 0.05) is 56.5 Å². The van der Waals surface area contributed by atoms with E-state index in [1.807, 2.05) is 61.2 Å². The van der Waals surface area contributed by atoms with Crippen LogP contribution in [0.5, 0.6) is 0 Å². The molecule has 6 nitrogen and oxygen atoms in total. The predicted octanol–water partition coefficient (Wildman–Crippen LogP) is 3.68. The van der Waals surface area contributed by atoms with Crippen molar-refractivity contribution >= 4 is 17.5 Å².